The molecule has 1 aliphatic rings. The van der Waals surface area contributed by atoms with E-state index in [-0.39, 0.29) is 5.91 Å². The standard InChI is InChI=1S/C21H23N3O3/c1-14-7-8-15-5-3-4-6-17(15)24(14)12-11-20(25)22-16-9-10-18-19(13-16)27-21(26)23(18)2/h3-6,9-10,13-14H,7-8,11-12H2,1-2H3,(H,22,25). The first kappa shape index (κ1) is 17.4. The fraction of sp³-hybridized carbons (Fsp3) is 0.333. The van der Waals surface area contributed by atoms with Crippen LogP contribution in [0.15, 0.2) is 51.7 Å². The number of hydrogen-bond donors (Lipinski definition) is 1. The molecule has 0 bridgehead atoms. The average Bonchev–Trinajstić information content (AvgIpc) is 2.94. The third-order valence-electron chi connectivity index (χ3n) is 5.32. The molecule has 1 amide bonds. The number of nitrogens with one attached hydrogen (secondary N) is 1. The molecule has 6 heteroatoms. The van der Waals surface area contributed by atoms with Crippen LogP contribution in [0, 0.1) is 0 Å². The van der Waals surface area contributed by atoms with Gasteiger partial charge in [-0.2, -0.15) is 0 Å². The first-order valence-electron chi connectivity index (χ1n) is 9.27. The normalized spacial score (nSPS) is 16.4. The summed E-state index contributed by atoms with van der Waals surface area (Å²) >= 11 is 0. The smallest absolute Gasteiger partial charge is 0.408 e. The molecule has 3 aromatic rings. The van der Waals surface area contributed by atoms with E-state index in [1.54, 1.807) is 25.2 Å². The number of oxazole rings is 1. The Kier molecular flexibility index (Phi) is 4.48. The minimum atomic E-state index is -0.411. The van der Waals surface area contributed by atoms with Crippen molar-refractivity contribution >= 4 is 28.4 Å². The van der Waals surface area contributed by atoms with Gasteiger partial charge in [0.05, 0.1) is 5.52 Å². The van der Waals surface area contributed by atoms with Crippen LogP contribution in [0.3, 0.4) is 0 Å². The molecule has 0 saturated heterocycles. The second-order valence-corrected chi connectivity index (χ2v) is 7.12. The summed E-state index contributed by atoms with van der Waals surface area (Å²) in [5, 5.41) is 2.90. The maximum absolute atomic E-state index is 12.4. The minimum Gasteiger partial charge on any atom is -0.408 e. The number of nitrogens with zero attached hydrogens (tertiary/aromatic N) is 2. The van der Waals surface area contributed by atoms with E-state index in [2.05, 4.69) is 35.3 Å². The molecule has 0 spiro atoms. The zero-order chi connectivity index (χ0) is 19.0. The molecule has 2 aromatic carbocycles. The van der Waals surface area contributed by atoms with Crippen molar-refractivity contribution in [2.75, 3.05) is 16.8 Å². The van der Waals surface area contributed by atoms with Crippen LogP contribution in [-0.2, 0) is 18.3 Å². The predicted octanol–water partition coefficient (Wildman–Crippen LogP) is 3.30. The molecule has 27 heavy (non-hydrogen) atoms. The van der Waals surface area contributed by atoms with Crippen molar-refractivity contribution in [3.63, 3.8) is 0 Å². The molecule has 0 fully saturated rings. The fourth-order valence-electron chi connectivity index (χ4n) is 3.76. The largest absolute Gasteiger partial charge is 0.419 e. The maximum Gasteiger partial charge on any atom is 0.419 e. The van der Waals surface area contributed by atoms with Crippen molar-refractivity contribution in [1.29, 1.82) is 0 Å². The molecule has 1 unspecified atom stereocenters. The van der Waals surface area contributed by atoms with Crippen LogP contribution in [0.5, 0.6) is 0 Å². The molecular formula is C21H23N3O3. The van der Waals surface area contributed by atoms with Crippen LogP contribution in [-0.4, -0.2) is 23.1 Å². The highest BCUT2D eigenvalue weighted by molar-refractivity contribution is 5.93. The van der Waals surface area contributed by atoms with Crippen molar-refractivity contribution < 1.29 is 9.21 Å². The molecule has 6 nitrogen and oxygen atoms in total. The second kappa shape index (κ2) is 6.95. The van der Waals surface area contributed by atoms with Crippen LogP contribution < -0.4 is 16.0 Å². The molecule has 0 saturated carbocycles. The van der Waals surface area contributed by atoms with Gasteiger partial charge in [0, 0.05) is 43.5 Å². The average molecular weight is 365 g/mol. The molecule has 0 aliphatic carbocycles. The highest BCUT2D eigenvalue weighted by atomic mass is 16.4. The van der Waals surface area contributed by atoms with Crippen LogP contribution in [0.2, 0.25) is 0 Å². The SMILES string of the molecule is CC1CCc2ccccc2N1CCC(=O)Nc1ccc2c(c1)oc(=O)n2C. The Morgan fingerprint density at radius 2 is 2.07 bits per heavy atom. The van der Waals surface area contributed by atoms with Gasteiger partial charge in [0.25, 0.3) is 0 Å². The Morgan fingerprint density at radius 1 is 1.26 bits per heavy atom. The fourth-order valence-corrected chi connectivity index (χ4v) is 3.76. The summed E-state index contributed by atoms with van der Waals surface area (Å²) in [6.07, 6.45) is 2.58. The van der Waals surface area contributed by atoms with Gasteiger partial charge in [0.2, 0.25) is 5.91 Å². The van der Waals surface area contributed by atoms with Gasteiger partial charge >= 0.3 is 5.76 Å². The summed E-state index contributed by atoms with van der Waals surface area (Å²) in [6, 6.07) is 14.1. The highest BCUT2D eigenvalue weighted by Crippen LogP contribution is 2.30. The van der Waals surface area contributed by atoms with E-state index < -0.39 is 5.76 Å². The monoisotopic (exact) mass is 365 g/mol. The lowest BCUT2D eigenvalue weighted by molar-refractivity contribution is -0.116. The van der Waals surface area contributed by atoms with Crippen LogP contribution in [0.4, 0.5) is 11.4 Å². The van der Waals surface area contributed by atoms with E-state index in [4.69, 9.17) is 4.42 Å². The second-order valence-electron chi connectivity index (χ2n) is 7.12. The van der Waals surface area contributed by atoms with Gasteiger partial charge in [-0.1, -0.05) is 18.2 Å². The third kappa shape index (κ3) is 3.35. The van der Waals surface area contributed by atoms with E-state index in [9.17, 15) is 9.59 Å². The van der Waals surface area contributed by atoms with Crippen molar-refractivity contribution in [3.8, 4) is 0 Å². The third-order valence-corrected chi connectivity index (χ3v) is 5.32. The Hall–Kier alpha value is -3.02. The van der Waals surface area contributed by atoms with Gasteiger partial charge in [-0.05, 0) is 43.5 Å². The van der Waals surface area contributed by atoms with Crippen molar-refractivity contribution in [3.05, 3.63) is 58.6 Å². The first-order chi connectivity index (χ1) is 13.0. The zero-order valence-corrected chi connectivity index (χ0v) is 15.6. The molecule has 1 aromatic heterocycles. The Morgan fingerprint density at radius 3 is 2.93 bits per heavy atom. The number of carbonyl (C=O) groups excluding carboxylic acids is 1. The quantitative estimate of drug-likeness (QED) is 0.770. The minimum absolute atomic E-state index is 0.0529. The Labute approximate surface area is 157 Å². The summed E-state index contributed by atoms with van der Waals surface area (Å²) < 4.78 is 6.62. The van der Waals surface area contributed by atoms with Crippen LogP contribution >= 0.6 is 0 Å². The molecule has 1 aliphatic heterocycles. The van der Waals surface area contributed by atoms with E-state index in [0.29, 0.717) is 35.8 Å². The van der Waals surface area contributed by atoms with Crippen molar-refractivity contribution in [2.24, 2.45) is 7.05 Å². The van der Waals surface area contributed by atoms with E-state index in [0.717, 1.165) is 12.8 Å². The first-order valence-corrected chi connectivity index (χ1v) is 9.27. The van der Waals surface area contributed by atoms with Gasteiger partial charge in [0.15, 0.2) is 5.58 Å². The van der Waals surface area contributed by atoms with Gasteiger partial charge in [-0.3, -0.25) is 9.36 Å². The number of benzene rings is 2. The summed E-state index contributed by atoms with van der Waals surface area (Å²) in [5.74, 6) is -0.464. The predicted molar refractivity (Wildman–Crippen MR) is 106 cm³/mol. The van der Waals surface area contributed by atoms with E-state index >= 15 is 0 Å². The molecule has 2 heterocycles. The number of rotatable bonds is 4. The number of aromatic nitrogens is 1. The van der Waals surface area contributed by atoms with Crippen molar-refractivity contribution in [2.45, 2.75) is 32.2 Å². The summed E-state index contributed by atoms with van der Waals surface area (Å²) in [4.78, 5) is 26.3. The number of hydrogen-bond acceptors (Lipinski definition) is 4. The van der Waals surface area contributed by atoms with E-state index in [1.165, 1.54) is 15.8 Å². The number of amides is 1. The van der Waals surface area contributed by atoms with Crippen LogP contribution in [0.25, 0.3) is 11.1 Å². The Bertz CT molecular complexity index is 1050. The number of para-hydroxylation sites is 1. The molecule has 0 radical (unpaired) electrons. The molecule has 1 atom stereocenters. The van der Waals surface area contributed by atoms with Gasteiger partial charge in [0.1, 0.15) is 0 Å². The molecule has 4 rings (SSSR count). The van der Waals surface area contributed by atoms with Crippen LogP contribution in [0.1, 0.15) is 25.3 Å². The number of carbonyl (C=O) groups is 1. The number of anilines is 2. The van der Waals surface area contributed by atoms with E-state index in [1.807, 2.05) is 6.07 Å². The van der Waals surface area contributed by atoms with Gasteiger partial charge in [-0.25, -0.2) is 4.79 Å². The molecular weight excluding hydrogens is 342 g/mol. The zero-order valence-electron chi connectivity index (χ0n) is 15.6. The number of aryl methyl sites for hydroxylation is 2. The lowest BCUT2D eigenvalue weighted by atomic mass is 9.96. The lowest BCUT2D eigenvalue weighted by Crippen LogP contribution is -2.39. The summed E-state index contributed by atoms with van der Waals surface area (Å²) in [6.45, 7) is 2.88. The molecule has 1 N–H and O–H groups in total. The topological polar surface area (TPSA) is 67.5 Å². The van der Waals surface area contributed by atoms with Gasteiger partial charge < -0.3 is 14.6 Å². The lowest BCUT2D eigenvalue weighted by Gasteiger charge is -2.37. The number of fused-ring (bicyclic) bond motifs is 2. The maximum atomic E-state index is 12.4. The van der Waals surface area contributed by atoms with Crippen molar-refractivity contribution in [1.82, 2.24) is 4.57 Å². The van der Waals surface area contributed by atoms with Gasteiger partial charge in [-0.15, -0.1) is 0 Å². The summed E-state index contributed by atoms with van der Waals surface area (Å²) in [5.41, 5.74) is 4.39. The highest BCUT2D eigenvalue weighted by Gasteiger charge is 2.23. The molecule has 140 valence electrons. The Balaban J connectivity index is 1.44. The summed E-state index contributed by atoms with van der Waals surface area (Å²) in [7, 11) is 1.66.